The van der Waals surface area contributed by atoms with Crippen molar-refractivity contribution in [3.63, 3.8) is 0 Å². The summed E-state index contributed by atoms with van der Waals surface area (Å²) in [6, 6.07) is 19.2. The monoisotopic (exact) mass is 401 g/mol. The van der Waals surface area contributed by atoms with Gasteiger partial charge in [-0.15, -0.1) is 0 Å². The third-order valence-corrected chi connectivity index (χ3v) is 5.29. The SMILES string of the molecule is CCOc1ccccc1S(=O)(=O)NCc1cccc(Oc2ccc(F)cc2)c1. The predicted octanol–water partition coefficient (Wildman–Crippen LogP) is 4.50. The van der Waals surface area contributed by atoms with Gasteiger partial charge in [0.05, 0.1) is 6.61 Å². The standard InChI is InChI=1S/C21H20FNO4S/c1-2-26-20-8-3-4-9-21(20)28(24,25)23-15-16-6-5-7-19(14-16)27-18-12-10-17(22)11-13-18/h3-14,23H,2,15H2,1H3. The van der Waals surface area contributed by atoms with E-state index in [0.29, 0.717) is 23.9 Å². The lowest BCUT2D eigenvalue weighted by Gasteiger charge is -2.12. The summed E-state index contributed by atoms with van der Waals surface area (Å²) in [6.45, 7) is 2.25. The topological polar surface area (TPSA) is 64.6 Å². The van der Waals surface area contributed by atoms with Crippen LogP contribution in [0.4, 0.5) is 4.39 Å². The van der Waals surface area contributed by atoms with Crippen molar-refractivity contribution in [2.45, 2.75) is 18.4 Å². The maximum Gasteiger partial charge on any atom is 0.244 e. The zero-order valence-corrected chi connectivity index (χ0v) is 16.1. The van der Waals surface area contributed by atoms with Gasteiger partial charge in [-0.1, -0.05) is 24.3 Å². The van der Waals surface area contributed by atoms with Crippen LogP contribution in [0.2, 0.25) is 0 Å². The average molecular weight is 401 g/mol. The van der Waals surface area contributed by atoms with Crippen molar-refractivity contribution in [3.05, 3.63) is 84.2 Å². The second-order valence-corrected chi connectivity index (χ2v) is 7.64. The van der Waals surface area contributed by atoms with Crippen molar-refractivity contribution in [2.75, 3.05) is 6.61 Å². The number of sulfonamides is 1. The molecule has 0 aliphatic rings. The van der Waals surface area contributed by atoms with Crippen LogP contribution in [-0.2, 0) is 16.6 Å². The summed E-state index contributed by atoms with van der Waals surface area (Å²) in [7, 11) is -3.75. The fourth-order valence-electron chi connectivity index (χ4n) is 2.56. The molecule has 3 aromatic rings. The van der Waals surface area contributed by atoms with Gasteiger partial charge in [0.2, 0.25) is 10.0 Å². The first kappa shape index (κ1) is 19.9. The summed E-state index contributed by atoms with van der Waals surface area (Å²) in [5.74, 6) is 0.983. The van der Waals surface area contributed by atoms with Gasteiger partial charge in [-0.25, -0.2) is 17.5 Å². The third-order valence-electron chi connectivity index (χ3n) is 3.85. The molecule has 0 atom stereocenters. The molecule has 28 heavy (non-hydrogen) atoms. The van der Waals surface area contributed by atoms with Crippen LogP contribution < -0.4 is 14.2 Å². The van der Waals surface area contributed by atoms with Gasteiger partial charge in [-0.05, 0) is 61.0 Å². The van der Waals surface area contributed by atoms with Gasteiger partial charge in [-0.2, -0.15) is 0 Å². The predicted molar refractivity (Wildman–Crippen MR) is 105 cm³/mol. The van der Waals surface area contributed by atoms with E-state index in [2.05, 4.69) is 4.72 Å². The number of rotatable bonds is 8. The molecule has 0 fully saturated rings. The fourth-order valence-corrected chi connectivity index (χ4v) is 3.72. The average Bonchev–Trinajstić information content (AvgIpc) is 2.69. The highest BCUT2D eigenvalue weighted by atomic mass is 32.2. The minimum Gasteiger partial charge on any atom is -0.492 e. The number of ether oxygens (including phenoxy) is 2. The molecule has 3 rings (SSSR count). The van der Waals surface area contributed by atoms with Crippen molar-refractivity contribution < 1.29 is 22.3 Å². The summed E-state index contributed by atoms with van der Waals surface area (Å²) in [4.78, 5) is 0.0931. The van der Waals surface area contributed by atoms with Crippen molar-refractivity contribution >= 4 is 10.0 Å². The molecule has 0 saturated carbocycles. The third kappa shape index (κ3) is 5.09. The van der Waals surface area contributed by atoms with Gasteiger partial charge in [-0.3, -0.25) is 0 Å². The molecule has 3 aromatic carbocycles. The van der Waals surface area contributed by atoms with E-state index < -0.39 is 10.0 Å². The van der Waals surface area contributed by atoms with E-state index >= 15 is 0 Å². The number of hydrogen-bond donors (Lipinski definition) is 1. The summed E-state index contributed by atoms with van der Waals surface area (Å²) in [6.07, 6.45) is 0. The minimum atomic E-state index is -3.75. The van der Waals surface area contributed by atoms with Gasteiger partial charge in [0.25, 0.3) is 0 Å². The summed E-state index contributed by atoms with van der Waals surface area (Å²) in [5.41, 5.74) is 0.720. The molecule has 0 amide bonds. The largest absolute Gasteiger partial charge is 0.492 e. The van der Waals surface area contributed by atoms with Gasteiger partial charge in [0.1, 0.15) is 28.0 Å². The highest BCUT2D eigenvalue weighted by Crippen LogP contribution is 2.25. The van der Waals surface area contributed by atoms with E-state index in [0.717, 1.165) is 5.56 Å². The molecule has 5 nitrogen and oxygen atoms in total. The highest BCUT2D eigenvalue weighted by Gasteiger charge is 2.18. The summed E-state index contributed by atoms with van der Waals surface area (Å²) >= 11 is 0. The summed E-state index contributed by atoms with van der Waals surface area (Å²) in [5, 5.41) is 0. The Morgan fingerprint density at radius 2 is 1.68 bits per heavy atom. The number of halogens is 1. The lowest BCUT2D eigenvalue weighted by Crippen LogP contribution is -2.23. The molecule has 0 heterocycles. The molecular formula is C21H20FNO4S. The van der Waals surface area contributed by atoms with Gasteiger partial charge >= 0.3 is 0 Å². The molecule has 146 valence electrons. The van der Waals surface area contributed by atoms with Crippen LogP contribution in [0.5, 0.6) is 17.2 Å². The first-order chi connectivity index (χ1) is 13.5. The van der Waals surface area contributed by atoms with Crippen molar-refractivity contribution in [2.24, 2.45) is 0 Å². The van der Waals surface area contributed by atoms with E-state index in [4.69, 9.17) is 9.47 Å². The molecule has 0 unspecified atom stereocenters. The van der Waals surface area contributed by atoms with Crippen molar-refractivity contribution in [1.82, 2.24) is 4.72 Å². The van der Waals surface area contributed by atoms with E-state index in [1.165, 1.54) is 30.3 Å². The van der Waals surface area contributed by atoms with Crippen LogP contribution in [0, 0.1) is 5.82 Å². The van der Waals surface area contributed by atoms with Crippen LogP contribution >= 0.6 is 0 Å². The molecular weight excluding hydrogens is 381 g/mol. The van der Waals surface area contributed by atoms with Crippen LogP contribution in [0.15, 0.2) is 77.7 Å². The maximum absolute atomic E-state index is 13.0. The number of hydrogen-bond acceptors (Lipinski definition) is 4. The van der Waals surface area contributed by atoms with Gasteiger partial charge < -0.3 is 9.47 Å². The Labute approximate surface area is 163 Å². The van der Waals surface area contributed by atoms with Crippen molar-refractivity contribution in [3.8, 4) is 17.2 Å². The van der Waals surface area contributed by atoms with Gasteiger partial charge in [0.15, 0.2) is 0 Å². The number of nitrogens with one attached hydrogen (secondary N) is 1. The smallest absolute Gasteiger partial charge is 0.244 e. The van der Waals surface area contributed by atoms with E-state index in [1.807, 2.05) is 0 Å². The molecule has 0 radical (unpaired) electrons. The Morgan fingerprint density at radius 1 is 0.929 bits per heavy atom. The van der Waals surface area contributed by atoms with Crippen LogP contribution in [0.1, 0.15) is 12.5 Å². The Morgan fingerprint density at radius 3 is 2.43 bits per heavy atom. The molecule has 0 bridgehead atoms. The van der Waals surface area contributed by atoms with Crippen LogP contribution in [0.3, 0.4) is 0 Å². The zero-order valence-electron chi connectivity index (χ0n) is 15.3. The second kappa shape index (κ2) is 8.86. The molecule has 0 spiro atoms. The van der Waals surface area contributed by atoms with E-state index in [-0.39, 0.29) is 17.3 Å². The maximum atomic E-state index is 13.0. The quantitative estimate of drug-likeness (QED) is 0.604. The number of benzene rings is 3. The Balaban J connectivity index is 1.71. The molecule has 0 aromatic heterocycles. The molecule has 0 saturated heterocycles. The molecule has 7 heteroatoms. The van der Waals surface area contributed by atoms with Crippen LogP contribution in [-0.4, -0.2) is 15.0 Å². The Kier molecular flexibility index (Phi) is 6.28. The first-order valence-electron chi connectivity index (χ1n) is 8.72. The molecule has 1 N–H and O–H groups in total. The fraction of sp³-hybridized carbons (Fsp3) is 0.143. The number of para-hydroxylation sites is 1. The Hall–Kier alpha value is -2.90. The first-order valence-corrected chi connectivity index (χ1v) is 10.2. The van der Waals surface area contributed by atoms with Crippen LogP contribution in [0.25, 0.3) is 0 Å². The molecule has 0 aliphatic carbocycles. The lowest BCUT2D eigenvalue weighted by atomic mass is 10.2. The van der Waals surface area contributed by atoms with Gasteiger partial charge in [0, 0.05) is 6.54 Å². The summed E-state index contributed by atoms with van der Waals surface area (Å²) < 4.78 is 51.9. The Bertz CT molecular complexity index is 1040. The minimum absolute atomic E-state index is 0.0867. The highest BCUT2D eigenvalue weighted by molar-refractivity contribution is 7.89. The lowest BCUT2D eigenvalue weighted by molar-refractivity contribution is 0.331. The normalized spacial score (nSPS) is 11.2. The second-order valence-electron chi connectivity index (χ2n) is 5.91. The van der Waals surface area contributed by atoms with E-state index in [9.17, 15) is 12.8 Å². The van der Waals surface area contributed by atoms with Crippen molar-refractivity contribution in [1.29, 1.82) is 0 Å². The van der Waals surface area contributed by atoms with E-state index in [1.54, 1.807) is 49.4 Å². The zero-order chi connectivity index (χ0) is 20.0. The molecule has 0 aliphatic heterocycles.